The first-order chi connectivity index (χ1) is 8.27. The van der Waals surface area contributed by atoms with Crippen molar-refractivity contribution in [1.82, 2.24) is 9.80 Å². The van der Waals surface area contributed by atoms with Crippen LogP contribution in [0.5, 0.6) is 0 Å². The molecule has 0 radical (unpaired) electrons. The second kappa shape index (κ2) is 5.69. The smallest absolute Gasteiger partial charge is 0.326 e. The molecule has 0 spiro atoms. The Balaban J connectivity index is 2.67. The molecule has 0 aromatic heterocycles. The summed E-state index contributed by atoms with van der Waals surface area (Å²) in [5.41, 5.74) is -0.0805. The summed E-state index contributed by atoms with van der Waals surface area (Å²) in [7, 11) is 0. The number of likely N-dealkylation sites (N-methyl/N-ethyl adjacent to an activating group) is 1. The number of carboxylic acids is 1. The average Bonchev–Trinajstić information content (AvgIpc) is 2.72. The van der Waals surface area contributed by atoms with Gasteiger partial charge < -0.3 is 10.0 Å². The quantitative estimate of drug-likeness (QED) is 0.820. The number of aliphatic carboxylic acids is 1. The monoisotopic (exact) mass is 256 g/mol. The van der Waals surface area contributed by atoms with E-state index in [0.717, 1.165) is 13.0 Å². The maximum absolute atomic E-state index is 12.2. The van der Waals surface area contributed by atoms with Crippen molar-refractivity contribution in [3.63, 3.8) is 0 Å². The lowest BCUT2D eigenvalue weighted by atomic mass is 10.1. The van der Waals surface area contributed by atoms with Crippen LogP contribution >= 0.6 is 0 Å². The number of hydrogen-bond acceptors (Lipinski definition) is 3. The van der Waals surface area contributed by atoms with Crippen LogP contribution in [0.1, 0.15) is 40.5 Å². The third-order valence-corrected chi connectivity index (χ3v) is 3.51. The predicted octanol–water partition coefficient (Wildman–Crippen LogP) is 1.18. The van der Waals surface area contributed by atoms with Gasteiger partial charge in [0.05, 0.1) is 6.54 Å². The van der Waals surface area contributed by atoms with Crippen LogP contribution in [0.3, 0.4) is 0 Å². The Hall–Kier alpha value is -1.10. The number of rotatable bonds is 4. The fourth-order valence-corrected chi connectivity index (χ4v) is 2.40. The lowest BCUT2D eigenvalue weighted by molar-refractivity contribution is -0.149. The molecule has 0 aliphatic carbocycles. The maximum atomic E-state index is 12.2. The molecule has 1 heterocycles. The molecule has 0 aromatic carbocycles. The molecule has 104 valence electrons. The number of carbonyl (C=O) groups is 2. The number of nitrogens with zero attached hydrogens (tertiary/aromatic N) is 2. The second-order valence-corrected chi connectivity index (χ2v) is 5.77. The first-order valence-electron chi connectivity index (χ1n) is 6.54. The van der Waals surface area contributed by atoms with E-state index in [-0.39, 0.29) is 11.4 Å². The van der Waals surface area contributed by atoms with Crippen molar-refractivity contribution < 1.29 is 14.7 Å². The second-order valence-electron chi connectivity index (χ2n) is 5.77. The van der Waals surface area contributed by atoms with Gasteiger partial charge in [0.25, 0.3) is 0 Å². The fourth-order valence-electron chi connectivity index (χ4n) is 2.40. The molecule has 5 heteroatoms. The van der Waals surface area contributed by atoms with Crippen LogP contribution in [0.25, 0.3) is 0 Å². The molecule has 1 amide bonds. The highest BCUT2D eigenvalue weighted by Crippen LogP contribution is 2.19. The summed E-state index contributed by atoms with van der Waals surface area (Å²) in [5, 5.41) is 9.08. The van der Waals surface area contributed by atoms with Crippen molar-refractivity contribution in [2.75, 3.05) is 19.6 Å². The predicted molar refractivity (Wildman–Crippen MR) is 69.4 cm³/mol. The molecule has 1 rings (SSSR count). The van der Waals surface area contributed by atoms with E-state index >= 15 is 0 Å². The molecule has 5 nitrogen and oxygen atoms in total. The van der Waals surface area contributed by atoms with Crippen LogP contribution in [-0.2, 0) is 9.59 Å². The zero-order valence-corrected chi connectivity index (χ0v) is 11.8. The highest BCUT2D eigenvalue weighted by atomic mass is 16.4. The van der Waals surface area contributed by atoms with Crippen molar-refractivity contribution in [1.29, 1.82) is 0 Å². The van der Waals surface area contributed by atoms with E-state index in [1.807, 2.05) is 6.92 Å². The summed E-state index contributed by atoms with van der Waals surface area (Å²) in [6.45, 7) is 9.83. The number of likely N-dealkylation sites (tertiary alicyclic amines) is 1. The van der Waals surface area contributed by atoms with Crippen molar-refractivity contribution in [3.05, 3.63) is 0 Å². The van der Waals surface area contributed by atoms with Crippen LogP contribution in [0.15, 0.2) is 0 Å². The summed E-state index contributed by atoms with van der Waals surface area (Å²) >= 11 is 0. The Morgan fingerprint density at radius 1 is 1.39 bits per heavy atom. The van der Waals surface area contributed by atoms with Gasteiger partial charge in [-0.15, -0.1) is 0 Å². The topological polar surface area (TPSA) is 60.9 Å². The van der Waals surface area contributed by atoms with Gasteiger partial charge in [0.15, 0.2) is 0 Å². The molecule has 0 saturated carbocycles. The molecule has 18 heavy (non-hydrogen) atoms. The van der Waals surface area contributed by atoms with E-state index in [1.54, 1.807) is 0 Å². The number of hydrogen-bond donors (Lipinski definition) is 1. The Morgan fingerprint density at radius 2 is 2.00 bits per heavy atom. The first-order valence-corrected chi connectivity index (χ1v) is 6.54. The van der Waals surface area contributed by atoms with Gasteiger partial charge in [-0.05, 0) is 40.2 Å². The van der Waals surface area contributed by atoms with E-state index < -0.39 is 12.0 Å². The van der Waals surface area contributed by atoms with Gasteiger partial charge in [0.1, 0.15) is 6.04 Å². The number of carbonyl (C=O) groups excluding carboxylic acids is 1. The highest BCUT2D eigenvalue weighted by molar-refractivity contribution is 5.85. The molecule has 1 fully saturated rings. The number of amides is 1. The van der Waals surface area contributed by atoms with Gasteiger partial charge in [0, 0.05) is 12.1 Å². The van der Waals surface area contributed by atoms with E-state index in [0.29, 0.717) is 19.5 Å². The van der Waals surface area contributed by atoms with Gasteiger partial charge in [-0.25, -0.2) is 4.79 Å². The molecule has 1 N–H and O–H groups in total. The minimum atomic E-state index is -0.889. The summed E-state index contributed by atoms with van der Waals surface area (Å²) in [4.78, 5) is 26.8. The Bertz CT molecular complexity index is 323. The van der Waals surface area contributed by atoms with E-state index in [1.165, 1.54) is 4.90 Å². The summed E-state index contributed by atoms with van der Waals surface area (Å²) in [6, 6.07) is -0.629. The zero-order valence-electron chi connectivity index (χ0n) is 11.8. The summed E-state index contributed by atoms with van der Waals surface area (Å²) in [5.74, 6) is -0.962. The van der Waals surface area contributed by atoms with Crippen molar-refractivity contribution in [3.8, 4) is 0 Å². The lowest BCUT2D eigenvalue weighted by Gasteiger charge is -2.35. The third kappa shape index (κ3) is 3.45. The molecular weight excluding hydrogens is 232 g/mol. The SMILES string of the molecule is CCN(CC(=O)N1CCCC1C(=O)O)C(C)(C)C. The molecule has 0 aromatic rings. The summed E-state index contributed by atoms with van der Waals surface area (Å²) < 4.78 is 0. The average molecular weight is 256 g/mol. The Kier molecular flexibility index (Phi) is 4.73. The van der Waals surface area contributed by atoms with Crippen molar-refractivity contribution in [2.24, 2.45) is 0 Å². The first kappa shape index (κ1) is 15.0. The highest BCUT2D eigenvalue weighted by Gasteiger charge is 2.35. The Labute approximate surface area is 109 Å². The molecule has 1 aliphatic rings. The third-order valence-electron chi connectivity index (χ3n) is 3.51. The minimum Gasteiger partial charge on any atom is -0.480 e. The van der Waals surface area contributed by atoms with Gasteiger partial charge in [-0.3, -0.25) is 9.69 Å². The molecular formula is C13H24N2O3. The normalized spacial score (nSPS) is 20.5. The van der Waals surface area contributed by atoms with Gasteiger partial charge in [-0.2, -0.15) is 0 Å². The van der Waals surface area contributed by atoms with Crippen LogP contribution in [0, 0.1) is 0 Å². The number of carboxylic acid groups (broad SMARTS) is 1. The molecule has 0 bridgehead atoms. The van der Waals surface area contributed by atoms with Gasteiger partial charge >= 0.3 is 5.97 Å². The fraction of sp³-hybridized carbons (Fsp3) is 0.846. The van der Waals surface area contributed by atoms with E-state index in [4.69, 9.17) is 5.11 Å². The maximum Gasteiger partial charge on any atom is 0.326 e. The lowest BCUT2D eigenvalue weighted by Crippen LogP contribution is -2.50. The van der Waals surface area contributed by atoms with Gasteiger partial charge in [0.2, 0.25) is 5.91 Å². The van der Waals surface area contributed by atoms with Crippen LogP contribution in [-0.4, -0.2) is 58.0 Å². The molecule has 1 aliphatic heterocycles. The van der Waals surface area contributed by atoms with Crippen molar-refractivity contribution >= 4 is 11.9 Å². The van der Waals surface area contributed by atoms with Crippen LogP contribution in [0.4, 0.5) is 0 Å². The van der Waals surface area contributed by atoms with Gasteiger partial charge in [-0.1, -0.05) is 6.92 Å². The van der Waals surface area contributed by atoms with E-state index in [9.17, 15) is 9.59 Å². The minimum absolute atomic E-state index is 0.0725. The molecule has 1 saturated heterocycles. The van der Waals surface area contributed by atoms with Crippen LogP contribution < -0.4 is 0 Å². The standard InChI is InChI=1S/C13H24N2O3/c1-5-14(13(2,3)4)9-11(16)15-8-6-7-10(15)12(17)18/h10H,5-9H2,1-4H3,(H,17,18). The molecule has 1 atom stereocenters. The van der Waals surface area contributed by atoms with Crippen molar-refractivity contribution in [2.45, 2.75) is 52.1 Å². The molecule has 1 unspecified atom stereocenters. The van der Waals surface area contributed by atoms with Crippen LogP contribution in [0.2, 0.25) is 0 Å². The Morgan fingerprint density at radius 3 is 2.44 bits per heavy atom. The summed E-state index contributed by atoms with van der Waals surface area (Å²) in [6.07, 6.45) is 1.35. The zero-order chi connectivity index (χ0) is 13.9. The largest absolute Gasteiger partial charge is 0.480 e. The van der Waals surface area contributed by atoms with E-state index in [2.05, 4.69) is 25.7 Å².